The van der Waals surface area contributed by atoms with Crippen molar-refractivity contribution in [2.45, 2.75) is 44.7 Å². The molecule has 0 aromatic heterocycles. The number of carbonyl (C=O) groups is 1. The molecule has 0 aliphatic carbocycles. The van der Waals surface area contributed by atoms with Crippen LogP contribution < -0.4 is 0 Å². The highest BCUT2D eigenvalue weighted by molar-refractivity contribution is 7.89. The normalized spacial score (nSPS) is 21.6. The standard InChI is InChI=1S/C17H23FN2O3S/c1-2-24(22,23)19-11-9-17(10-12-19)8-7-16(21)20(17)13-14-3-5-15(18)6-4-14/h3-6H,2,7-13H2,1H3. The van der Waals surface area contributed by atoms with Gasteiger partial charge in [0, 0.05) is 31.6 Å². The van der Waals surface area contributed by atoms with Crippen LogP contribution in [0.5, 0.6) is 0 Å². The molecule has 0 N–H and O–H groups in total. The van der Waals surface area contributed by atoms with Crippen LogP contribution in [0.15, 0.2) is 24.3 Å². The monoisotopic (exact) mass is 354 g/mol. The zero-order valence-electron chi connectivity index (χ0n) is 13.9. The Balaban J connectivity index is 1.75. The van der Waals surface area contributed by atoms with Gasteiger partial charge in [0.25, 0.3) is 0 Å². The fraction of sp³-hybridized carbons (Fsp3) is 0.588. The Bertz CT molecular complexity index is 710. The van der Waals surface area contributed by atoms with Gasteiger partial charge in [-0.25, -0.2) is 17.1 Å². The molecule has 1 amide bonds. The Labute approximate surface area is 142 Å². The number of hydrogen-bond donors (Lipinski definition) is 0. The van der Waals surface area contributed by atoms with Crippen LogP contribution in [0.1, 0.15) is 38.2 Å². The molecule has 5 nitrogen and oxygen atoms in total. The second-order valence-corrected chi connectivity index (χ2v) is 8.89. The average Bonchev–Trinajstić information content (AvgIpc) is 2.87. The van der Waals surface area contributed by atoms with Gasteiger partial charge in [0.05, 0.1) is 5.75 Å². The highest BCUT2D eigenvalue weighted by Gasteiger charge is 2.47. The van der Waals surface area contributed by atoms with Gasteiger partial charge in [-0.2, -0.15) is 0 Å². The number of carbonyl (C=O) groups excluding carboxylic acids is 1. The molecule has 132 valence electrons. The predicted octanol–water partition coefficient (Wildman–Crippen LogP) is 2.13. The van der Waals surface area contributed by atoms with E-state index in [2.05, 4.69) is 0 Å². The highest BCUT2D eigenvalue weighted by atomic mass is 32.2. The number of amides is 1. The molecule has 0 atom stereocenters. The Morgan fingerprint density at radius 1 is 1.12 bits per heavy atom. The topological polar surface area (TPSA) is 57.7 Å². The molecule has 1 aromatic rings. The van der Waals surface area contributed by atoms with E-state index in [0.717, 1.165) is 12.0 Å². The average molecular weight is 354 g/mol. The molecule has 0 radical (unpaired) electrons. The van der Waals surface area contributed by atoms with Crippen LogP contribution in [0, 0.1) is 5.82 Å². The first-order valence-corrected chi connectivity index (χ1v) is 10.00. The second kappa shape index (κ2) is 6.44. The van der Waals surface area contributed by atoms with Crippen LogP contribution in [-0.2, 0) is 21.4 Å². The molecule has 24 heavy (non-hydrogen) atoms. The van der Waals surface area contributed by atoms with Gasteiger partial charge in [0.2, 0.25) is 15.9 Å². The molecule has 1 aromatic carbocycles. The van der Waals surface area contributed by atoms with E-state index in [9.17, 15) is 17.6 Å². The number of piperidine rings is 1. The summed E-state index contributed by atoms with van der Waals surface area (Å²) in [7, 11) is -3.17. The molecule has 0 bridgehead atoms. The summed E-state index contributed by atoms with van der Waals surface area (Å²) in [6.45, 7) is 3.03. The van der Waals surface area contributed by atoms with Gasteiger partial charge < -0.3 is 4.90 Å². The van der Waals surface area contributed by atoms with E-state index in [1.54, 1.807) is 19.1 Å². The Hall–Kier alpha value is -1.47. The summed E-state index contributed by atoms with van der Waals surface area (Å²) in [6, 6.07) is 6.20. The zero-order valence-corrected chi connectivity index (χ0v) is 14.7. The number of benzene rings is 1. The van der Waals surface area contributed by atoms with E-state index >= 15 is 0 Å². The molecular formula is C17H23FN2O3S. The van der Waals surface area contributed by atoms with Crippen LogP contribution in [0.2, 0.25) is 0 Å². The molecule has 0 saturated carbocycles. The van der Waals surface area contributed by atoms with Gasteiger partial charge in [0.15, 0.2) is 0 Å². The number of likely N-dealkylation sites (tertiary alicyclic amines) is 1. The molecule has 2 heterocycles. The molecule has 0 unspecified atom stereocenters. The Morgan fingerprint density at radius 3 is 2.33 bits per heavy atom. The SMILES string of the molecule is CCS(=O)(=O)N1CCC2(CCC(=O)N2Cc2ccc(F)cc2)CC1. The van der Waals surface area contributed by atoms with Crippen LogP contribution >= 0.6 is 0 Å². The number of sulfonamides is 1. The second-order valence-electron chi connectivity index (χ2n) is 6.63. The summed E-state index contributed by atoms with van der Waals surface area (Å²) in [5, 5.41) is 0. The van der Waals surface area contributed by atoms with E-state index < -0.39 is 10.0 Å². The molecule has 2 aliphatic heterocycles. The molecule has 7 heteroatoms. The first-order valence-electron chi connectivity index (χ1n) is 8.39. The lowest BCUT2D eigenvalue weighted by Crippen LogP contribution is -2.54. The van der Waals surface area contributed by atoms with E-state index in [0.29, 0.717) is 38.9 Å². The van der Waals surface area contributed by atoms with Gasteiger partial charge >= 0.3 is 0 Å². The smallest absolute Gasteiger partial charge is 0.223 e. The van der Waals surface area contributed by atoms with Crippen molar-refractivity contribution in [1.29, 1.82) is 0 Å². The number of hydrogen-bond acceptors (Lipinski definition) is 3. The fourth-order valence-corrected chi connectivity index (χ4v) is 4.89. The summed E-state index contributed by atoms with van der Waals surface area (Å²) >= 11 is 0. The predicted molar refractivity (Wildman–Crippen MR) is 89.2 cm³/mol. The minimum atomic E-state index is -3.17. The minimum Gasteiger partial charge on any atom is -0.333 e. The van der Waals surface area contributed by atoms with Gasteiger partial charge in [-0.1, -0.05) is 12.1 Å². The first kappa shape index (κ1) is 17.4. The number of rotatable bonds is 4. The summed E-state index contributed by atoms with van der Waals surface area (Å²) in [4.78, 5) is 14.3. The van der Waals surface area contributed by atoms with Gasteiger partial charge in [0.1, 0.15) is 5.82 Å². The summed E-state index contributed by atoms with van der Waals surface area (Å²) in [6.07, 6.45) is 2.60. The molecule has 2 saturated heterocycles. The van der Waals surface area contributed by atoms with Crippen molar-refractivity contribution in [3.63, 3.8) is 0 Å². The summed E-state index contributed by atoms with van der Waals surface area (Å²) < 4.78 is 38.7. The summed E-state index contributed by atoms with van der Waals surface area (Å²) in [5.74, 6) is -0.0801. The lowest BCUT2D eigenvalue weighted by atomic mass is 9.85. The zero-order chi connectivity index (χ0) is 17.4. The van der Waals surface area contributed by atoms with E-state index in [-0.39, 0.29) is 23.0 Å². The van der Waals surface area contributed by atoms with Crippen molar-refractivity contribution in [3.05, 3.63) is 35.6 Å². The summed E-state index contributed by atoms with van der Waals surface area (Å²) in [5.41, 5.74) is 0.639. The number of halogens is 1. The number of nitrogens with zero attached hydrogens (tertiary/aromatic N) is 2. The molecular weight excluding hydrogens is 331 g/mol. The van der Waals surface area contributed by atoms with E-state index in [1.165, 1.54) is 16.4 Å². The maximum absolute atomic E-state index is 13.1. The largest absolute Gasteiger partial charge is 0.333 e. The maximum Gasteiger partial charge on any atom is 0.223 e. The van der Waals surface area contributed by atoms with Crippen molar-refractivity contribution in [2.24, 2.45) is 0 Å². The van der Waals surface area contributed by atoms with Crippen LogP contribution in [0.3, 0.4) is 0 Å². The Kier molecular flexibility index (Phi) is 4.66. The van der Waals surface area contributed by atoms with Crippen LogP contribution in [0.4, 0.5) is 4.39 Å². The fourth-order valence-electron chi connectivity index (χ4n) is 3.79. The molecule has 2 aliphatic rings. The molecule has 3 rings (SSSR count). The van der Waals surface area contributed by atoms with Crippen molar-refractivity contribution in [2.75, 3.05) is 18.8 Å². The quantitative estimate of drug-likeness (QED) is 0.832. The first-order chi connectivity index (χ1) is 11.4. The van der Waals surface area contributed by atoms with Crippen molar-refractivity contribution >= 4 is 15.9 Å². The third-order valence-electron chi connectivity index (χ3n) is 5.34. The van der Waals surface area contributed by atoms with E-state index in [1.807, 2.05) is 4.90 Å². The van der Waals surface area contributed by atoms with Crippen LogP contribution in [0.25, 0.3) is 0 Å². The van der Waals surface area contributed by atoms with Gasteiger partial charge in [-0.3, -0.25) is 4.79 Å². The molecule has 2 fully saturated rings. The van der Waals surface area contributed by atoms with Crippen molar-refractivity contribution in [3.8, 4) is 0 Å². The molecule has 1 spiro atoms. The highest BCUT2D eigenvalue weighted by Crippen LogP contribution is 2.40. The van der Waals surface area contributed by atoms with Crippen LogP contribution in [-0.4, -0.2) is 47.9 Å². The minimum absolute atomic E-state index is 0.103. The van der Waals surface area contributed by atoms with Crippen molar-refractivity contribution in [1.82, 2.24) is 9.21 Å². The Morgan fingerprint density at radius 2 is 1.75 bits per heavy atom. The third-order valence-corrected chi connectivity index (χ3v) is 7.22. The van der Waals surface area contributed by atoms with Gasteiger partial charge in [-0.05, 0) is 43.9 Å². The lowest BCUT2D eigenvalue weighted by Gasteiger charge is -2.44. The van der Waals surface area contributed by atoms with Gasteiger partial charge in [-0.15, -0.1) is 0 Å². The lowest BCUT2D eigenvalue weighted by molar-refractivity contribution is -0.133. The maximum atomic E-state index is 13.1. The third kappa shape index (κ3) is 3.19. The van der Waals surface area contributed by atoms with Crippen molar-refractivity contribution < 1.29 is 17.6 Å². The van der Waals surface area contributed by atoms with E-state index in [4.69, 9.17) is 0 Å².